The molecule has 3 nitrogen and oxygen atoms in total. The Kier molecular flexibility index (Phi) is 3.06. The summed E-state index contributed by atoms with van der Waals surface area (Å²) in [6.45, 7) is 1.87. The van der Waals surface area contributed by atoms with Gasteiger partial charge in [0.2, 0.25) is 0 Å². The van der Waals surface area contributed by atoms with Crippen molar-refractivity contribution in [2.75, 3.05) is 11.4 Å². The zero-order chi connectivity index (χ0) is 11.8. The summed E-state index contributed by atoms with van der Waals surface area (Å²) in [5.41, 5.74) is 1.39. The lowest BCUT2D eigenvalue weighted by Gasteiger charge is -2.28. The fourth-order valence-electron chi connectivity index (χ4n) is 1.99. The molecule has 0 aliphatic carbocycles. The first-order valence-electron chi connectivity index (χ1n) is 5.22. The Hall–Kier alpha value is -0.650. The molecule has 0 radical (unpaired) electrons. The monoisotopic (exact) mass is 329 g/mol. The van der Waals surface area contributed by atoms with E-state index in [1.165, 1.54) is 16.8 Å². The van der Waals surface area contributed by atoms with Crippen molar-refractivity contribution < 1.29 is 0 Å². The van der Waals surface area contributed by atoms with E-state index in [0.29, 0.717) is 5.15 Å². The normalized spacial score (nSPS) is 14.8. The number of fused-ring (bicyclic) bond motifs is 1. The topological polar surface area (TPSA) is 29.0 Å². The van der Waals surface area contributed by atoms with Crippen LogP contribution in [0, 0.1) is 0 Å². The molecule has 0 spiro atoms. The van der Waals surface area contributed by atoms with Crippen LogP contribution in [0.1, 0.15) is 10.4 Å². The maximum atomic E-state index is 5.99. The van der Waals surface area contributed by atoms with Gasteiger partial charge in [0.05, 0.1) is 4.47 Å². The molecule has 0 bridgehead atoms. The number of aromatic nitrogens is 2. The van der Waals surface area contributed by atoms with Gasteiger partial charge in [0.1, 0.15) is 17.3 Å². The van der Waals surface area contributed by atoms with Crippen molar-refractivity contribution in [2.45, 2.75) is 13.0 Å². The molecule has 1 aliphatic rings. The van der Waals surface area contributed by atoms with Crippen molar-refractivity contribution in [3.63, 3.8) is 0 Å². The Morgan fingerprint density at radius 1 is 1.41 bits per heavy atom. The van der Waals surface area contributed by atoms with Crippen LogP contribution in [0.2, 0.25) is 5.15 Å². The van der Waals surface area contributed by atoms with Crippen LogP contribution in [-0.2, 0) is 13.0 Å². The molecule has 0 unspecified atom stereocenters. The molecule has 88 valence electrons. The molecule has 1 aliphatic heterocycles. The van der Waals surface area contributed by atoms with E-state index < -0.39 is 0 Å². The minimum absolute atomic E-state index is 0.464. The van der Waals surface area contributed by atoms with Gasteiger partial charge in [0, 0.05) is 18.0 Å². The molecule has 17 heavy (non-hydrogen) atoms. The van der Waals surface area contributed by atoms with Gasteiger partial charge in [-0.05, 0) is 39.4 Å². The number of thiophene rings is 1. The van der Waals surface area contributed by atoms with Crippen molar-refractivity contribution in [3.05, 3.63) is 37.8 Å². The quantitative estimate of drug-likeness (QED) is 0.749. The van der Waals surface area contributed by atoms with Gasteiger partial charge in [-0.3, -0.25) is 0 Å². The number of hydrogen-bond donors (Lipinski definition) is 0. The molecular formula is C11H9BrClN3S. The first-order valence-corrected chi connectivity index (χ1v) is 7.27. The van der Waals surface area contributed by atoms with Crippen LogP contribution in [0.4, 0.5) is 5.82 Å². The minimum Gasteiger partial charge on any atom is -0.351 e. The lowest BCUT2D eigenvalue weighted by molar-refractivity contribution is 0.728. The second-order valence-corrected chi connectivity index (χ2v) is 5.99. The molecule has 2 aromatic rings. The summed E-state index contributed by atoms with van der Waals surface area (Å²) in [7, 11) is 0. The molecule has 0 N–H and O–H groups in total. The van der Waals surface area contributed by atoms with Crippen molar-refractivity contribution in [2.24, 2.45) is 0 Å². The average molecular weight is 331 g/mol. The lowest BCUT2D eigenvalue weighted by atomic mass is 10.1. The second kappa shape index (κ2) is 4.55. The predicted octanol–water partition coefficient (Wildman–Crippen LogP) is 3.52. The third kappa shape index (κ3) is 2.07. The van der Waals surface area contributed by atoms with Gasteiger partial charge in [0.25, 0.3) is 0 Å². The van der Waals surface area contributed by atoms with Crippen LogP contribution in [-0.4, -0.2) is 16.5 Å². The van der Waals surface area contributed by atoms with E-state index in [1.807, 2.05) is 11.3 Å². The number of halogens is 2. The van der Waals surface area contributed by atoms with Gasteiger partial charge in [-0.25, -0.2) is 9.97 Å². The molecule has 0 saturated heterocycles. The summed E-state index contributed by atoms with van der Waals surface area (Å²) in [5, 5.41) is 2.61. The minimum atomic E-state index is 0.464. The van der Waals surface area contributed by atoms with E-state index in [1.54, 1.807) is 0 Å². The molecule has 3 rings (SSSR count). The highest BCUT2D eigenvalue weighted by Crippen LogP contribution is 2.33. The zero-order valence-corrected chi connectivity index (χ0v) is 12.0. The summed E-state index contributed by atoms with van der Waals surface area (Å²) in [5.74, 6) is 0.877. The van der Waals surface area contributed by atoms with Gasteiger partial charge in [0.15, 0.2) is 0 Å². The number of rotatable bonds is 1. The fourth-order valence-corrected chi connectivity index (χ4v) is 3.46. The summed E-state index contributed by atoms with van der Waals surface area (Å²) in [6, 6.07) is 2.18. The molecule has 0 amide bonds. The fraction of sp³-hybridized carbons (Fsp3) is 0.273. The SMILES string of the molecule is Clc1ncnc(N2CCc3sccc3C2)c1Br. The smallest absolute Gasteiger partial charge is 0.148 e. The van der Waals surface area contributed by atoms with Crippen LogP contribution in [0.15, 0.2) is 22.2 Å². The molecule has 6 heteroatoms. The third-order valence-electron chi connectivity index (χ3n) is 2.84. The molecule has 3 heterocycles. The lowest BCUT2D eigenvalue weighted by Crippen LogP contribution is -2.30. The molecule has 0 aromatic carbocycles. The van der Waals surface area contributed by atoms with Crippen molar-refractivity contribution in [3.8, 4) is 0 Å². The Morgan fingerprint density at radius 3 is 3.18 bits per heavy atom. The molecular weight excluding hydrogens is 322 g/mol. The highest BCUT2D eigenvalue weighted by molar-refractivity contribution is 9.10. The summed E-state index contributed by atoms with van der Waals surface area (Å²) in [6.07, 6.45) is 2.58. The predicted molar refractivity (Wildman–Crippen MR) is 73.8 cm³/mol. The largest absolute Gasteiger partial charge is 0.351 e. The van der Waals surface area contributed by atoms with Gasteiger partial charge in [-0.1, -0.05) is 11.6 Å². The van der Waals surface area contributed by atoms with Crippen LogP contribution in [0.25, 0.3) is 0 Å². The van der Waals surface area contributed by atoms with Gasteiger partial charge in [-0.15, -0.1) is 11.3 Å². The van der Waals surface area contributed by atoms with Gasteiger partial charge < -0.3 is 4.90 Å². The molecule has 0 saturated carbocycles. The van der Waals surface area contributed by atoms with Gasteiger partial charge in [-0.2, -0.15) is 0 Å². The Balaban J connectivity index is 1.94. The van der Waals surface area contributed by atoms with Crippen molar-refractivity contribution >= 4 is 44.7 Å². The maximum Gasteiger partial charge on any atom is 0.148 e. The van der Waals surface area contributed by atoms with E-state index in [4.69, 9.17) is 11.6 Å². The van der Waals surface area contributed by atoms with Crippen LogP contribution < -0.4 is 4.90 Å². The number of hydrogen-bond acceptors (Lipinski definition) is 4. The number of anilines is 1. The molecule has 2 aromatic heterocycles. The van der Waals surface area contributed by atoms with E-state index in [9.17, 15) is 0 Å². The number of nitrogens with zero attached hydrogens (tertiary/aromatic N) is 3. The van der Waals surface area contributed by atoms with Gasteiger partial charge >= 0.3 is 0 Å². The summed E-state index contributed by atoms with van der Waals surface area (Å²) in [4.78, 5) is 12.0. The Labute approximate surface area is 117 Å². The summed E-state index contributed by atoms with van der Waals surface area (Å²) >= 11 is 11.3. The third-order valence-corrected chi connectivity index (χ3v) is 5.10. The first kappa shape index (κ1) is 11.4. The van der Waals surface area contributed by atoms with Crippen LogP contribution in [0.5, 0.6) is 0 Å². The highest BCUT2D eigenvalue weighted by Gasteiger charge is 2.21. The van der Waals surface area contributed by atoms with Crippen molar-refractivity contribution in [1.29, 1.82) is 0 Å². The van der Waals surface area contributed by atoms with E-state index >= 15 is 0 Å². The van der Waals surface area contributed by atoms with E-state index in [0.717, 1.165) is 29.8 Å². The Bertz CT molecular complexity index is 557. The van der Waals surface area contributed by atoms with E-state index in [-0.39, 0.29) is 0 Å². The standard InChI is InChI=1S/C11H9BrClN3S/c12-9-10(13)14-6-15-11(9)16-3-1-8-7(5-16)2-4-17-8/h2,4,6H,1,3,5H2. The molecule has 0 fully saturated rings. The summed E-state index contributed by atoms with van der Waals surface area (Å²) < 4.78 is 0.778. The van der Waals surface area contributed by atoms with Crippen LogP contribution >= 0.6 is 38.9 Å². The average Bonchev–Trinajstić information content (AvgIpc) is 2.79. The highest BCUT2D eigenvalue weighted by atomic mass is 79.9. The second-order valence-electron chi connectivity index (χ2n) is 3.84. The Morgan fingerprint density at radius 2 is 2.29 bits per heavy atom. The maximum absolute atomic E-state index is 5.99. The van der Waals surface area contributed by atoms with Crippen molar-refractivity contribution in [1.82, 2.24) is 9.97 Å². The zero-order valence-electron chi connectivity index (χ0n) is 8.86. The molecule has 0 atom stereocenters. The van der Waals surface area contributed by atoms with E-state index in [2.05, 4.69) is 42.2 Å². The van der Waals surface area contributed by atoms with Crippen LogP contribution in [0.3, 0.4) is 0 Å². The first-order chi connectivity index (χ1) is 8.25.